The summed E-state index contributed by atoms with van der Waals surface area (Å²) in [5.41, 5.74) is 2.50. The van der Waals surface area contributed by atoms with Crippen molar-refractivity contribution in [3.8, 4) is 0 Å². The number of hydrogen-bond acceptors (Lipinski definition) is 3. The molecular weight excluding hydrogens is 218 g/mol. The van der Waals surface area contributed by atoms with Crippen molar-refractivity contribution in [1.29, 1.82) is 0 Å². The van der Waals surface area contributed by atoms with Crippen LogP contribution in [0.5, 0.6) is 0 Å². The average Bonchev–Trinajstić information content (AvgIpc) is 2.51. The first kappa shape index (κ1) is 13.6. The Hall–Kier alpha value is -0.480. The average molecular weight is 241 g/mol. The van der Waals surface area contributed by atoms with E-state index >= 15 is 0 Å². The predicted molar refractivity (Wildman–Crippen MR) is 71.0 cm³/mol. The second kappa shape index (κ2) is 6.97. The van der Waals surface area contributed by atoms with Crippen LogP contribution in [0, 0.1) is 6.92 Å². The molecule has 0 atom stereocenters. The molecular formula is C12H23N3S. The third-order valence-corrected chi connectivity index (χ3v) is 3.91. The van der Waals surface area contributed by atoms with Crippen LogP contribution < -0.4 is 5.32 Å². The largest absolute Gasteiger partial charge is 0.316 e. The SMILES string of the molecule is CCCCCSc1c(CNC)c(C)nn1C. The van der Waals surface area contributed by atoms with Crippen LogP contribution in [0.4, 0.5) is 0 Å². The Morgan fingerprint density at radius 3 is 2.75 bits per heavy atom. The van der Waals surface area contributed by atoms with Crippen LogP contribution in [-0.2, 0) is 13.6 Å². The Balaban J connectivity index is 2.62. The number of unbranched alkanes of at least 4 members (excludes halogenated alkanes) is 2. The van der Waals surface area contributed by atoms with Crippen LogP contribution in [-0.4, -0.2) is 22.6 Å². The van der Waals surface area contributed by atoms with E-state index in [0.717, 1.165) is 12.2 Å². The molecule has 1 aromatic rings. The van der Waals surface area contributed by atoms with Crippen LogP contribution >= 0.6 is 11.8 Å². The Morgan fingerprint density at radius 1 is 1.38 bits per heavy atom. The van der Waals surface area contributed by atoms with E-state index in [9.17, 15) is 0 Å². The maximum Gasteiger partial charge on any atom is 0.0984 e. The van der Waals surface area contributed by atoms with Gasteiger partial charge in [0.2, 0.25) is 0 Å². The van der Waals surface area contributed by atoms with Crippen LogP contribution in [0.15, 0.2) is 5.03 Å². The third kappa shape index (κ3) is 3.52. The second-order valence-corrected chi connectivity index (χ2v) is 5.16. The van der Waals surface area contributed by atoms with Crippen molar-refractivity contribution in [3.05, 3.63) is 11.3 Å². The minimum Gasteiger partial charge on any atom is -0.316 e. The Bertz CT molecular complexity index is 320. The number of aryl methyl sites for hydroxylation is 2. The molecule has 0 radical (unpaired) electrons. The lowest BCUT2D eigenvalue weighted by Crippen LogP contribution is -2.07. The zero-order valence-electron chi connectivity index (χ0n) is 10.8. The molecule has 4 heteroatoms. The van der Waals surface area contributed by atoms with Gasteiger partial charge in [-0.25, -0.2) is 0 Å². The summed E-state index contributed by atoms with van der Waals surface area (Å²) in [5.74, 6) is 1.20. The van der Waals surface area contributed by atoms with Gasteiger partial charge in [0.15, 0.2) is 0 Å². The normalized spacial score (nSPS) is 11.0. The molecule has 0 spiro atoms. The molecule has 0 saturated carbocycles. The Labute approximate surface area is 103 Å². The topological polar surface area (TPSA) is 29.9 Å². The van der Waals surface area contributed by atoms with Crippen molar-refractivity contribution < 1.29 is 0 Å². The summed E-state index contributed by atoms with van der Waals surface area (Å²) >= 11 is 1.93. The first-order valence-corrected chi connectivity index (χ1v) is 6.99. The standard InChI is InChI=1S/C12H23N3S/c1-5-6-7-8-16-12-11(9-13-3)10(2)14-15(12)4/h13H,5-9H2,1-4H3. The van der Waals surface area contributed by atoms with E-state index in [1.807, 2.05) is 30.5 Å². The van der Waals surface area contributed by atoms with Gasteiger partial charge in [0, 0.05) is 19.2 Å². The van der Waals surface area contributed by atoms with E-state index in [1.165, 1.54) is 35.6 Å². The fourth-order valence-corrected chi connectivity index (χ4v) is 2.93. The highest BCUT2D eigenvalue weighted by atomic mass is 32.2. The summed E-state index contributed by atoms with van der Waals surface area (Å²) in [4.78, 5) is 0. The molecule has 0 aliphatic rings. The third-order valence-electron chi connectivity index (χ3n) is 2.63. The number of aromatic nitrogens is 2. The van der Waals surface area contributed by atoms with Crippen molar-refractivity contribution in [1.82, 2.24) is 15.1 Å². The van der Waals surface area contributed by atoms with Crippen LogP contribution in [0.25, 0.3) is 0 Å². The molecule has 92 valence electrons. The molecule has 16 heavy (non-hydrogen) atoms. The summed E-state index contributed by atoms with van der Waals surface area (Å²) in [6, 6.07) is 0. The molecule has 1 N–H and O–H groups in total. The van der Waals surface area contributed by atoms with Gasteiger partial charge in [0.1, 0.15) is 0 Å². The van der Waals surface area contributed by atoms with Crippen molar-refractivity contribution >= 4 is 11.8 Å². The zero-order valence-corrected chi connectivity index (χ0v) is 11.7. The van der Waals surface area contributed by atoms with Gasteiger partial charge in [-0.05, 0) is 26.1 Å². The predicted octanol–water partition coefficient (Wildman–Crippen LogP) is 2.73. The molecule has 0 aromatic carbocycles. The van der Waals surface area contributed by atoms with E-state index in [4.69, 9.17) is 0 Å². The molecule has 0 fully saturated rings. The smallest absolute Gasteiger partial charge is 0.0984 e. The number of nitrogens with one attached hydrogen (secondary N) is 1. The molecule has 3 nitrogen and oxygen atoms in total. The summed E-state index contributed by atoms with van der Waals surface area (Å²) in [6.07, 6.45) is 3.91. The van der Waals surface area contributed by atoms with Crippen LogP contribution in [0.3, 0.4) is 0 Å². The second-order valence-electron chi connectivity index (χ2n) is 4.08. The number of hydrogen-bond donors (Lipinski definition) is 1. The number of nitrogens with zero attached hydrogens (tertiary/aromatic N) is 2. The number of rotatable bonds is 7. The molecule has 0 aliphatic carbocycles. The highest BCUT2D eigenvalue weighted by Crippen LogP contribution is 2.25. The van der Waals surface area contributed by atoms with Gasteiger partial charge < -0.3 is 5.32 Å². The molecule has 0 bridgehead atoms. The van der Waals surface area contributed by atoms with Crippen molar-refractivity contribution in [2.75, 3.05) is 12.8 Å². The van der Waals surface area contributed by atoms with Gasteiger partial charge in [-0.3, -0.25) is 4.68 Å². The minimum atomic E-state index is 0.912. The molecule has 0 aliphatic heterocycles. The molecule has 0 amide bonds. The van der Waals surface area contributed by atoms with Gasteiger partial charge in [-0.15, -0.1) is 11.8 Å². The van der Waals surface area contributed by atoms with Crippen molar-refractivity contribution in [2.45, 2.75) is 44.7 Å². The van der Waals surface area contributed by atoms with E-state index in [-0.39, 0.29) is 0 Å². The monoisotopic (exact) mass is 241 g/mol. The lowest BCUT2D eigenvalue weighted by atomic mass is 10.3. The molecule has 0 unspecified atom stereocenters. The van der Waals surface area contributed by atoms with Gasteiger partial charge in [-0.2, -0.15) is 5.10 Å². The molecule has 1 rings (SSSR count). The fourth-order valence-electron chi connectivity index (χ4n) is 1.76. The van der Waals surface area contributed by atoms with E-state index < -0.39 is 0 Å². The first-order valence-electron chi connectivity index (χ1n) is 6.00. The lowest BCUT2D eigenvalue weighted by molar-refractivity contribution is 0.682. The summed E-state index contributed by atoms with van der Waals surface area (Å²) in [5, 5.41) is 9.02. The summed E-state index contributed by atoms with van der Waals surface area (Å²) in [6.45, 7) is 5.24. The number of thioether (sulfide) groups is 1. The molecule has 1 heterocycles. The summed E-state index contributed by atoms with van der Waals surface area (Å²) < 4.78 is 2.01. The van der Waals surface area contributed by atoms with Crippen LogP contribution in [0.2, 0.25) is 0 Å². The fraction of sp³-hybridized carbons (Fsp3) is 0.750. The van der Waals surface area contributed by atoms with Gasteiger partial charge in [0.05, 0.1) is 10.7 Å². The minimum absolute atomic E-state index is 0.912. The van der Waals surface area contributed by atoms with Gasteiger partial charge in [-0.1, -0.05) is 19.8 Å². The van der Waals surface area contributed by atoms with E-state index in [2.05, 4.69) is 24.3 Å². The Kier molecular flexibility index (Phi) is 5.91. The van der Waals surface area contributed by atoms with Gasteiger partial charge >= 0.3 is 0 Å². The van der Waals surface area contributed by atoms with Gasteiger partial charge in [0.25, 0.3) is 0 Å². The Morgan fingerprint density at radius 2 is 2.12 bits per heavy atom. The van der Waals surface area contributed by atoms with Crippen LogP contribution in [0.1, 0.15) is 37.4 Å². The van der Waals surface area contributed by atoms with Crippen molar-refractivity contribution in [3.63, 3.8) is 0 Å². The van der Waals surface area contributed by atoms with Crippen molar-refractivity contribution in [2.24, 2.45) is 7.05 Å². The summed E-state index contributed by atoms with van der Waals surface area (Å²) in [7, 11) is 4.02. The highest BCUT2D eigenvalue weighted by Gasteiger charge is 2.12. The zero-order chi connectivity index (χ0) is 12.0. The molecule has 1 aromatic heterocycles. The van der Waals surface area contributed by atoms with E-state index in [0.29, 0.717) is 0 Å². The lowest BCUT2D eigenvalue weighted by Gasteiger charge is -2.05. The quantitative estimate of drug-likeness (QED) is 0.588. The van der Waals surface area contributed by atoms with E-state index in [1.54, 1.807) is 0 Å². The maximum absolute atomic E-state index is 4.48. The molecule has 0 saturated heterocycles. The maximum atomic E-state index is 4.48. The highest BCUT2D eigenvalue weighted by molar-refractivity contribution is 7.99. The first-order chi connectivity index (χ1) is 7.70.